The summed E-state index contributed by atoms with van der Waals surface area (Å²) in [6.45, 7) is 0.747. The van der Waals surface area contributed by atoms with Gasteiger partial charge in [-0.2, -0.15) is 0 Å². The molecule has 0 bridgehead atoms. The lowest BCUT2D eigenvalue weighted by Crippen LogP contribution is -2.00. The first-order chi connectivity index (χ1) is 9.28. The molecule has 0 unspecified atom stereocenters. The van der Waals surface area contributed by atoms with Crippen LogP contribution in [-0.4, -0.2) is 11.7 Å². The molecule has 0 saturated heterocycles. The molecule has 2 aromatic carbocycles. The van der Waals surface area contributed by atoms with E-state index in [0.717, 1.165) is 22.9 Å². The smallest absolute Gasteiger partial charge is 0.123 e. The average Bonchev–Trinajstić information content (AvgIpc) is 2.83. The van der Waals surface area contributed by atoms with Crippen molar-refractivity contribution in [2.45, 2.75) is 6.54 Å². The van der Waals surface area contributed by atoms with Crippen molar-refractivity contribution in [1.29, 1.82) is 0 Å². The largest absolute Gasteiger partial charge is 0.496 e. The maximum atomic E-state index is 6.07. The average molecular weight is 272 g/mol. The van der Waals surface area contributed by atoms with Gasteiger partial charge in [0.2, 0.25) is 0 Å². The van der Waals surface area contributed by atoms with Crippen molar-refractivity contribution >= 4 is 22.5 Å². The van der Waals surface area contributed by atoms with Gasteiger partial charge < -0.3 is 9.30 Å². The van der Waals surface area contributed by atoms with Crippen molar-refractivity contribution in [3.05, 3.63) is 65.3 Å². The lowest BCUT2D eigenvalue weighted by molar-refractivity contribution is 0.408. The number of halogens is 1. The molecule has 3 aromatic rings. The van der Waals surface area contributed by atoms with Crippen molar-refractivity contribution in [2.24, 2.45) is 0 Å². The Bertz CT molecular complexity index is 718. The van der Waals surface area contributed by atoms with Gasteiger partial charge in [0.25, 0.3) is 0 Å². The highest BCUT2D eigenvalue weighted by atomic mass is 35.5. The van der Waals surface area contributed by atoms with E-state index in [-0.39, 0.29) is 0 Å². The second-order valence-corrected chi connectivity index (χ2v) is 4.90. The van der Waals surface area contributed by atoms with E-state index >= 15 is 0 Å². The van der Waals surface area contributed by atoms with Gasteiger partial charge in [0, 0.05) is 22.3 Å². The zero-order chi connectivity index (χ0) is 13.2. The van der Waals surface area contributed by atoms with Gasteiger partial charge in [-0.25, -0.2) is 0 Å². The SMILES string of the molecule is COc1ccc(Cl)cc1Cn1ccc2ccccc21. The standard InChI is InChI=1S/C16H14ClNO/c1-19-16-7-6-14(17)10-13(16)11-18-9-8-12-4-2-3-5-15(12)18/h2-10H,11H2,1H3. The fourth-order valence-electron chi connectivity index (χ4n) is 2.33. The number of hydrogen-bond acceptors (Lipinski definition) is 1. The lowest BCUT2D eigenvalue weighted by Gasteiger charge is -2.11. The molecule has 0 spiro atoms. The molecule has 0 aliphatic carbocycles. The molecule has 0 saturated carbocycles. The number of benzene rings is 2. The van der Waals surface area contributed by atoms with E-state index in [9.17, 15) is 0 Å². The van der Waals surface area contributed by atoms with Gasteiger partial charge >= 0.3 is 0 Å². The summed E-state index contributed by atoms with van der Waals surface area (Å²) in [6, 6.07) is 16.1. The van der Waals surface area contributed by atoms with Crippen molar-refractivity contribution in [3.63, 3.8) is 0 Å². The Balaban J connectivity index is 2.03. The predicted molar refractivity (Wildman–Crippen MR) is 79.0 cm³/mol. The molecular weight excluding hydrogens is 258 g/mol. The highest BCUT2D eigenvalue weighted by Gasteiger charge is 2.06. The maximum Gasteiger partial charge on any atom is 0.123 e. The van der Waals surface area contributed by atoms with Crippen LogP contribution in [0.2, 0.25) is 5.02 Å². The van der Waals surface area contributed by atoms with Crippen LogP contribution in [0.3, 0.4) is 0 Å². The van der Waals surface area contributed by atoms with Gasteiger partial charge in [0.15, 0.2) is 0 Å². The number of fused-ring (bicyclic) bond motifs is 1. The van der Waals surface area contributed by atoms with E-state index in [1.54, 1.807) is 7.11 Å². The number of aromatic nitrogens is 1. The van der Waals surface area contributed by atoms with E-state index < -0.39 is 0 Å². The molecule has 3 rings (SSSR count). The van der Waals surface area contributed by atoms with Crippen LogP contribution in [0.15, 0.2) is 54.7 Å². The Kier molecular flexibility index (Phi) is 3.18. The van der Waals surface area contributed by atoms with Gasteiger partial charge in [-0.15, -0.1) is 0 Å². The summed E-state index contributed by atoms with van der Waals surface area (Å²) in [5, 5.41) is 1.97. The number of nitrogens with zero attached hydrogens (tertiary/aromatic N) is 1. The molecule has 0 fully saturated rings. The zero-order valence-corrected chi connectivity index (χ0v) is 11.4. The molecule has 0 amide bonds. The van der Waals surface area contributed by atoms with E-state index in [2.05, 4.69) is 29.0 Å². The minimum Gasteiger partial charge on any atom is -0.496 e. The fraction of sp³-hybridized carbons (Fsp3) is 0.125. The molecule has 1 heterocycles. The summed E-state index contributed by atoms with van der Waals surface area (Å²) in [7, 11) is 1.68. The van der Waals surface area contributed by atoms with E-state index in [4.69, 9.17) is 16.3 Å². The summed E-state index contributed by atoms with van der Waals surface area (Å²) < 4.78 is 7.59. The summed E-state index contributed by atoms with van der Waals surface area (Å²) in [5.74, 6) is 0.863. The number of methoxy groups -OCH3 is 1. The number of para-hydroxylation sites is 1. The van der Waals surface area contributed by atoms with Crippen LogP contribution in [0.1, 0.15) is 5.56 Å². The van der Waals surface area contributed by atoms with Crippen molar-refractivity contribution < 1.29 is 4.74 Å². The molecule has 2 nitrogen and oxygen atoms in total. The highest BCUT2D eigenvalue weighted by Crippen LogP contribution is 2.25. The number of ether oxygens (including phenoxy) is 1. The van der Waals surface area contributed by atoms with E-state index in [1.165, 1.54) is 10.9 Å². The molecule has 3 heteroatoms. The van der Waals surface area contributed by atoms with Crippen molar-refractivity contribution in [3.8, 4) is 5.75 Å². The van der Waals surface area contributed by atoms with Gasteiger partial charge in [-0.05, 0) is 35.7 Å². The van der Waals surface area contributed by atoms with Crippen LogP contribution in [-0.2, 0) is 6.54 Å². The molecular formula is C16H14ClNO. The predicted octanol–water partition coefficient (Wildman–Crippen LogP) is 4.35. The van der Waals surface area contributed by atoms with Gasteiger partial charge in [-0.1, -0.05) is 29.8 Å². The fourth-order valence-corrected chi connectivity index (χ4v) is 2.53. The first-order valence-corrected chi connectivity index (χ1v) is 6.52. The van der Waals surface area contributed by atoms with Crippen LogP contribution in [0, 0.1) is 0 Å². The van der Waals surface area contributed by atoms with Crippen LogP contribution in [0.4, 0.5) is 0 Å². The Morgan fingerprint density at radius 1 is 1.11 bits per heavy atom. The molecule has 1 aromatic heterocycles. The van der Waals surface area contributed by atoms with Gasteiger partial charge in [0.05, 0.1) is 13.7 Å². The van der Waals surface area contributed by atoms with Gasteiger partial charge in [-0.3, -0.25) is 0 Å². The number of hydrogen-bond donors (Lipinski definition) is 0. The van der Waals surface area contributed by atoms with E-state index in [1.807, 2.05) is 30.3 Å². The second-order valence-electron chi connectivity index (χ2n) is 4.46. The van der Waals surface area contributed by atoms with Gasteiger partial charge in [0.1, 0.15) is 5.75 Å². The molecule has 0 radical (unpaired) electrons. The molecule has 19 heavy (non-hydrogen) atoms. The molecule has 0 atom stereocenters. The third-order valence-corrected chi connectivity index (χ3v) is 3.50. The topological polar surface area (TPSA) is 14.2 Å². The molecule has 0 N–H and O–H groups in total. The Hall–Kier alpha value is -1.93. The Labute approximate surface area is 117 Å². The summed E-state index contributed by atoms with van der Waals surface area (Å²) in [4.78, 5) is 0. The normalized spacial score (nSPS) is 10.8. The van der Waals surface area contributed by atoms with Crippen LogP contribution in [0.5, 0.6) is 5.75 Å². The quantitative estimate of drug-likeness (QED) is 0.691. The number of rotatable bonds is 3. The first-order valence-electron chi connectivity index (χ1n) is 6.14. The van der Waals surface area contributed by atoms with Crippen LogP contribution >= 0.6 is 11.6 Å². The Morgan fingerprint density at radius 2 is 1.95 bits per heavy atom. The molecule has 96 valence electrons. The van der Waals surface area contributed by atoms with E-state index in [0.29, 0.717) is 0 Å². The monoisotopic (exact) mass is 271 g/mol. The van der Waals surface area contributed by atoms with Crippen molar-refractivity contribution in [1.82, 2.24) is 4.57 Å². The highest BCUT2D eigenvalue weighted by molar-refractivity contribution is 6.30. The molecule has 0 aliphatic rings. The molecule has 0 aliphatic heterocycles. The maximum absolute atomic E-state index is 6.07. The van der Waals surface area contributed by atoms with Crippen LogP contribution < -0.4 is 4.74 Å². The van der Waals surface area contributed by atoms with Crippen molar-refractivity contribution in [2.75, 3.05) is 7.11 Å². The summed E-state index contributed by atoms with van der Waals surface area (Å²) >= 11 is 6.07. The minimum absolute atomic E-state index is 0.729. The first kappa shape index (κ1) is 12.1. The summed E-state index contributed by atoms with van der Waals surface area (Å²) in [6.07, 6.45) is 2.09. The third-order valence-electron chi connectivity index (χ3n) is 3.26. The second kappa shape index (κ2) is 4.98. The summed E-state index contributed by atoms with van der Waals surface area (Å²) in [5.41, 5.74) is 2.29. The zero-order valence-electron chi connectivity index (χ0n) is 10.6. The Morgan fingerprint density at radius 3 is 2.79 bits per heavy atom. The third kappa shape index (κ3) is 2.32. The van der Waals surface area contributed by atoms with Crippen LogP contribution in [0.25, 0.3) is 10.9 Å². The lowest BCUT2D eigenvalue weighted by atomic mass is 10.2. The minimum atomic E-state index is 0.729.